The lowest BCUT2D eigenvalue weighted by molar-refractivity contribution is -0.142. The lowest BCUT2D eigenvalue weighted by Gasteiger charge is -2.15. The SMILES string of the molecule is CN(Cc1nc(C(F)(F)F)cs1)C(=O)[C@H]1C[C@@H]1C(=O)O. The minimum Gasteiger partial charge on any atom is -0.481 e. The van der Waals surface area contributed by atoms with Crippen molar-refractivity contribution in [1.82, 2.24) is 9.88 Å². The first kappa shape index (κ1) is 14.8. The molecule has 0 spiro atoms. The van der Waals surface area contributed by atoms with Crippen molar-refractivity contribution in [2.45, 2.75) is 19.1 Å². The predicted molar refractivity (Wildman–Crippen MR) is 62.8 cm³/mol. The van der Waals surface area contributed by atoms with Crippen molar-refractivity contribution in [3.05, 3.63) is 16.1 Å². The molecule has 0 radical (unpaired) electrons. The van der Waals surface area contributed by atoms with E-state index in [1.54, 1.807) is 0 Å². The Morgan fingerprint density at radius 1 is 1.50 bits per heavy atom. The van der Waals surface area contributed by atoms with Crippen molar-refractivity contribution in [2.24, 2.45) is 11.8 Å². The third-order valence-corrected chi connectivity index (χ3v) is 3.85. The summed E-state index contributed by atoms with van der Waals surface area (Å²) < 4.78 is 37.1. The number of nitrogens with zero attached hydrogens (tertiary/aromatic N) is 2. The third kappa shape index (κ3) is 3.09. The molecule has 1 fully saturated rings. The van der Waals surface area contributed by atoms with E-state index in [2.05, 4.69) is 4.98 Å². The summed E-state index contributed by atoms with van der Waals surface area (Å²) in [5.74, 6) is -2.64. The second-order valence-electron chi connectivity index (χ2n) is 4.61. The maximum absolute atomic E-state index is 12.4. The van der Waals surface area contributed by atoms with Gasteiger partial charge in [0.1, 0.15) is 5.01 Å². The van der Waals surface area contributed by atoms with Crippen LogP contribution in [0.15, 0.2) is 5.38 Å². The summed E-state index contributed by atoms with van der Waals surface area (Å²) >= 11 is 0.820. The molecule has 9 heteroatoms. The Bertz CT molecular complexity index is 543. The fraction of sp³-hybridized carbons (Fsp3) is 0.545. The van der Waals surface area contributed by atoms with Gasteiger partial charge in [0.2, 0.25) is 5.91 Å². The van der Waals surface area contributed by atoms with Gasteiger partial charge in [-0.15, -0.1) is 11.3 Å². The minimum absolute atomic E-state index is 0.0532. The average molecular weight is 308 g/mol. The number of thiazole rings is 1. The summed E-state index contributed by atoms with van der Waals surface area (Å²) in [5.41, 5.74) is -0.979. The van der Waals surface area contributed by atoms with E-state index in [0.717, 1.165) is 16.7 Å². The number of carboxylic acids is 1. The molecule has 1 aromatic heterocycles. The number of carboxylic acid groups (broad SMARTS) is 1. The van der Waals surface area contributed by atoms with E-state index in [1.807, 2.05) is 0 Å². The number of halogens is 3. The van der Waals surface area contributed by atoms with Gasteiger partial charge in [-0.2, -0.15) is 13.2 Å². The number of amides is 1. The first-order chi connectivity index (χ1) is 9.20. The van der Waals surface area contributed by atoms with Crippen LogP contribution in [0, 0.1) is 11.8 Å². The van der Waals surface area contributed by atoms with Crippen LogP contribution in [0.4, 0.5) is 13.2 Å². The Balaban J connectivity index is 1.95. The second kappa shape index (κ2) is 5.04. The molecule has 0 aromatic carbocycles. The van der Waals surface area contributed by atoms with E-state index in [9.17, 15) is 22.8 Å². The van der Waals surface area contributed by atoms with E-state index in [0.29, 0.717) is 0 Å². The lowest BCUT2D eigenvalue weighted by Crippen LogP contribution is -2.28. The fourth-order valence-corrected chi connectivity index (χ4v) is 2.67. The Morgan fingerprint density at radius 2 is 2.15 bits per heavy atom. The van der Waals surface area contributed by atoms with Crippen molar-refractivity contribution in [3.8, 4) is 0 Å². The van der Waals surface area contributed by atoms with Gasteiger partial charge >= 0.3 is 12.1 Å². The summed E-state index contributed by atoms with van der Waals surface area (Å²) in [6.45, 7) is -0.0532. The Morgan fingerprint density at radius 3 is 2.60 bits per heavy atom. The van der Waals surface area contributed by atoms with E-state index in [-0.39, 0.29) is 23.9 Å². The van der Waals surface area contributed by atoms with Gasteiger partial charge in [0, 0.05) is 12.4 Å². The summed E-state index contributed by atoms with van der Waals surface area (Å²) in [6.07, 6.45) is -4.22. The first-order valence-electron chi connectivity index (χ1n) is 5.69. The monoisotopic (exact) mass is 308 g/mol. The van der Waals surface area contributed by atoms with Gasteiger partial charge in [0.05, 0.1) is 18.4 Å². The largest absolute Gasteiger partial charge is 0.481 e. The molecule has 1 heterocycles. The molecule has 1 aliphatic carbocycles. The van der Waals surface area contributed by atoms with Gasteiger partial charge in [-0.25, -0.2) is 4.98 Å². The van der Waals surface area contributed by atoms with Gasteiger partial charge in [-0.3, -0.25) is 9.59 Å². The number of hydrogen-bond acceptors (Lipinski definition) is 4. The van der Waals surface area contributed by atoms with Crippen LogP contribution in [0.3, 0.4) is 0 Å². The van der Waals surface area contributed by atoms with E-state index in [4.69, 9.17) is 5.11 Å². The average Bonchev–Trinajstić information content (AvgIpc) is 3.00. The normalized spacial score (nSPS) is 21.6. The number of carbonyl (C=O) groups excluding carboxylic acids is 1. The van der Waals surface area contributed by atoms with E-state index >= 15 is 0 Å². The van der Waals surface area contributed by atoms with Crippen LogP contribution < -0.4 is 0 Å². The molecule has 5 nitrogen and oxygen atoms in total. The molecule has 2 rings (SSSR count). The number of aromatic nitrogens is 1. The molecule has 110 valence electrons. The smallest absolute Gasteiger partial charge is 0.434 e. The molecular formula is C11H11F3N2O3S. The van der Waals surface area contributed by atoms with E-state index < -0.39 is 29.7 Å². The molecule has 20 heavy (non-hydrogen) atoms. The Kier molecular flexibility index (Phi) is 3.72. The molecular weight excluding hydrogens is 297 g/mol. The molecule has 0 unspecified atom stereocenters. The molecule has 1 saturated carbocycles. The summed E-state index contributed by atoms with van der Waals surface area (Å²) in [4.78, 5) is 27.1. The quantitative estimate of drug-likeness (QED) is 0.921. The van der Waals surface area contributed by atoms with Gasteiger partial charge in [-0.1, -0.05) is 0 Å². The second-order valence-corrected chi connectivity index (χ2v) is 5.55. The summed E-state index contributed by atoms with van der Waals surface area (Å²) in [7, 11) is 1.42. The number of rotatable bonds is 4. The highest BCUT2D eigenvalue weighted by Gasteiger charge is 2.49. The molecule has 1 amide bonds. The van der Waals surface area contributed by atoms with Crippen LogP contribution in [-0.4, -0.2) is 33.9 Å². The standard InChI is InChI=1S/C11H11F3N2O3S/c1-16(9(17)5-2-6(5)10(18)19)3-8-15-7(4-20-8)11(12,13)14/h4-6H,2-3H2,1H3,(H,18,19)/t5-,6-/m0/s1. The highest BCUT2D eigenvalue weighted by Crippen LogP contribution is 2.40. The van der Waals surface area contributed by atoms with Crippen LogP contribution in [0.5, 0.6) is 0 Å². The topological polar surface area (TPSA) is 70.5 Å². The Labute approximate surface area is 116 Å². The Hall–Kier alpha value is -1.64. The van der Waals surface area contributed by atoms with Crippen LogP contribution in [0.1, 0.15) is 17.1 Å². The summed E-state index contributed by atoms with van der Waals surface area (Å²) in [6, 6.07) is 0. The molecule has 0 aliphatic heterocycles. The zero-order valence-corrected chi connectivity index (χ0v) is 11.2. The zero-order chi connectivity index (χ0) is 15.1. The molecule has 0 saturated heterocycles. The fourth-order valence-electron chi connectivity index (χ4n) is 1.82. The first-order valence-corrected chi connectivity index (χ1v) is 6.57. The van der Waals surface area contributed by atoms with Crippen molar-refractivity contribution in [2.75, 3.05) is 7.05 Å². The number of alkyl halides is 3. The highest BCUT2D eigenvalue weighted by molar-refractivity contribution is 7.09. The lowest BCUT2D eigenvalue weighted by atomic mass is 10.3. The van der Waals surface area contributed by atoms with Crippen LogP contribution in [0.2, 0.25) is 0 Å². The zero-order valence-electron chi connectivity index (χ0n) is 10.3. The summed E-state index contributed by atoms with van der Waals surface area (Å²) in [5, 5.41) is 9.79. The molecule has 0 bridgehead atoms. The third-order valence-electron chi connectivity index (χ3n) is 3.02. The van der Waals surface area contributed by atoms with Gasteiger partial charge in [0.15, 0.2) is 5.69 Å². The molecule has 1 aliphatic rings. The van der Waals surface area contributed by atoms with Crippen molar-refractivity contribution in [1.29, 1.82) is 0 Å². The van der Waals surface area contributed by atoms with Gasteiger partial charge in [-0.05, 0) is 6.42 Å². The predicted octanol–water partition coefficient (Wildman–Crippen LogP) is 1.84. The van der Waals surface area contributed by atoms with Gasteiger partial charge in [0.25, 0.3) is 0 Å². The van der Waals surface area contributed by atoms with Crippen LogP contribution >= 0.6 is 11.3 Å². The maximum atomic E-state index is 12.4. The van der Waals surface area contributed by atoms with Crippen molar-refractivity contribution in [3.63, 3.8) is 0 Å². The highest BCUT2D eigenvalue weighted by atomic mass is 32.1. The van der Waals surface area contributed by atoms with E-state index in [1.165, 1.54) is 11.9 Å². The molecule has 1 aromatic rings. The molecule has 1 N–H and O–H groups in total. The van der Waals surface area contributed by atoms with Crippen LogP contribution in [-0.2, 0) is 22.3 Å². The maximum Gasteiger partial charge on any atom is 0.434 e. The minimum atomic E-state index is -4.50. The number of aliphatic carboxylic acids is 1. The number of hydrogen-bond donors (Lipinski definition) is 1. The van der Waals surface area contributed by atoms with Crippen molar-refractivity contribution >= 4 is 23.2 Å². The van der Waals surface area contributed by atoms with Gasteiger partial charge < -0.3 is 10.0 Å². The number of carbonyl (C=O) groups is 2. The van der Waals surface area contributed by atoms with Crippen molar-refractivity contribution < 1.29 is 27.9 Å². The van der Waals surface area contributed by atoms with Crippen LogP contribution in [0.25, 0.3) is 0 Å². The molecule has 2 atom stereocenters.